The highest BCUT2D eigenvalue weighted by Crippen LogP contribution is 2.66. The average molecular weight is 823 g/mol. The van der Waals surface area contributed by atoms with Crippen LogP contribution in [0.4, 0.5) is 0 Å². The number of nitrogens with zero attached hydrogens (tertiary/aromatic N) is 1. The van der Waals surface area contributed by atoms with Gasteiger partial charge in [-0.2, -0.15) is 5.10 Å². The molecule has 0 saturated heterocycles. The lowest BCUT2D eigenvalue weighted by Gasteiger charge is -2.57. The highest BCUT2D eigenvalue weighted by atomic mass is 16.3. The quantitative estimate of drug-likeness (QED) is 0.208. The Morgan fingerprint density at radius 2 is 0.951 bits per heavy atom. The van der Waals surface area contributed by atoms with Gasteiger partial charge in [0.05, 0.1) is 0 Å². The lowest BCUT2D eigenvalue weighted by atomic mass is 9.47. The normalized spacial score (nSPS) is 48.4. The first-order valence-corrected chi connectivity index (χ1v) is 26.0. The number of aryl methyl sites for hydroxylation is 2. The summed E-state index contributed by atoms with van der Waals surface area (Å²) in [5, 5.41) is 26.7. The van der Waals surface area contributed by atoms with Crippen LogP contribution in [0.15, 0.2) is 29.4 Å². The molecule has 0 aromatic heterocycles. The van der Waals surface area contributed by atoms with E-state index in [0.717, 1.165) is 85.9 Å². The number of rotatable bonds is 2. The predicted octanol–water partition coefficient (Wildman–Crippen LogP) is 12.3. The molecule has 0 spiro atoms. The van der Waals surface area contributed by atoms with Gasteiger partial charge in [-0.25, -0.2) is 0 Å². The van der Waals surface area contributed by atoms with Gasteiger partial charge in [0.2, 0.25) is 0 Å². The topological polar surface area (TPSA) is 95.9 Å². The molecule has 2 aromatic rings. The molecule has 6 unspecified atom stereocenters. The Bertz CT molecular complexity index is 2130. The van der Waals surface area contributed by atoms with E-state index in [0.29, 0.717) is 41.0 Å². The van der Waals surface area contributed by atoms with E-state index in [4.69, 9.17) is 5.84 Å². The van der Waals surface area contributed by atoms with Crippen LogP contribution in [0.5, 0.6) is 11.5 Å². The monoisotopic (exact) mass is 823 g/mol. The van der Waals surface area contributed by atoms with E-state index in [-0.39, 0.29) is 21.7 Å². The number of phenols is 2. The molecule has 0 heterocycles. The lowest BCUT2D eigenvalue weighted by molar-refractivity contribution is -0.129. The van der Waals surface area contributed by atoms with Gasteiger partial charge in [0, 0.05) is 34.1 Å². The van der Waals surface area contributed by atoms with Crippen LogP contribution >= 0.6 is 0 Å². The van der Waals surface area contributed by atoms with E-state index in [9.17, 15) is 15.0 Å². The summed E-state index contributed by atoms with van der Waals surface area (Å²) in [6.45, 7) is 4.72. The number of ketones is 1. The summed E-state index contributed by atoms with van der Waals surface area (Å²) in [7, 11) is 0. The maximum Gasteiger partial charge on any atom is 0.139 e. The van der Waals surface area contributed by atoms with Crippen molar-refractivity contribution in [2.45, 2.75) is 191 Å². The third kappa shape index (κ3) is 5.55. The molecule has 0 aliphatic heterocycles. The van der Waals surface area contributed by atoms with Gasteiger partial charge in [0.25, 0.3) is 0 Å². The van der Waals surface area contributed by atoms with Gasteiger partial charge in [0.15, 0.2) is 0 Å². The molecule has 0 radical (unpaired) electrons. The van der Waals surface area contributed by atoms with Crippen molar-refractivity contribution in [2.75, 3.05) is 0 Å². The second-order valence-electron chi connectivity index (χ2n) is 25.4. The zero-order chi connectivity index (χ0) is 41.2. The molecule has 5 nitrogen and oxygen atoms in total. The van der Waals surface area contributed by atoms with Gasteiger partial charge in [-0.05, 0) is 264 Å². The molecular formula is C56H74N2O3. The number of aromatic hydroxyl groups is 2. The van der Waals surface area contributed by atoms with E-state index in [1.54, 1.807) is 11.1 Å². The number of nitrogens with two attached hydrogens (primary N) is 1. The van der Waals surface area contributed by atoms with Gasteiger partial charge in [-0.3, -0.25) is 4.79 Å². The Hall–Kier alpha value is -2.82. The summed E-state index contributed by atoms with van der Waals surface area (Å²) in [6, 6.07) is 9.43. The van der Waals surface area contributed by atoms with E-state index in [1.807, 2.05) is 0 Å². The van der Waals surface area contributed by atoms with E-state index in [1.165, 1.54) is 144 Å². The second kappa shape index (κ2) is 13.4. The Morgan fingerprint density at radius 1 is 0.541 bits per heavy atom. The van der Waals surface area contributed by atoms with Gasteiger partial charge >= 0.3 is 0 Å². The number of carbonyl (C=O) groups excluding carboxylic acids is 1. The molecule has 5 heteroatoms. The Balaban J connectivity index is 0.000000125. The van der Waals surface area contributed by atoms with Crippen molar-refractivity contribution in [2.24, 2.45) is 81.0 Å². The molecule has 14 aliphatic carbocycles. The SMILES string of the molecule is C[C@]12CCC3c4cc(C56CC7CC(CC(C7)C5)C6)c(O)cc4CCC3C1CC/C2=N\N.C[C@]12CCC3c4cc(C56CC7CC(CC(C7)C5)C6)c(O)cc4CCC3C1CCC2=O. The third-order valence-corrected chi connectivity index (χ3v) is 22.5. The molecule has 326 valence electrons. The molecule has 12 saturated carbocycles. The third-order valence-electron chi connectivity index (χ3n) is 22.5. The van der Waals surface area contributed by atoms with Gasteiger partial charge in [-0.1, -0.05) is 26.0 Å². The fourth-order valence-electron chi connectivity index (χ4n) is 20.7. The molecule has 8 bridgehead atoms. The number of hydrogen-bond donors (Lipinski definition) is 3. The van der Waals surface area contributed by atoms with Gasteiger partial charge < -0.3 is 16.1 Å². The number of hydrogen-bond acceptors (Lipinski definition) is 5. The standard InChI is InChI=1S/C28H38N2O.C28H36O2/c1-27-7-6-20-21(23(27)4-5-26(27)30-29)3-2-19-11-25(31)24(12-22(19)20)28-13-16-8-17(14-28)10-18(9-16)15-28;1-27-7-6-20-21(23(27)4-5-26(27)30)3-2-19-11-25(29)24(12-22(19)20)28-13-16-8-17(14-28)10-18(9-16)15-28/h11-12,16-18,20-21,23,31H,2-10,13-15,29H2,1H3;11-12,16-18,20-21,23,29H,2-10,13-15H2,1H3/b30-26+;/t2*16?,17?,18?,20?,21?,23?,27-,28?/m00/s1. The summed E-state index contributed by atoms with van der Waals surface area (Å²) in [5.41, 5.74) is 10.7. The number of carbonyl (C=O) groups is 1. The highest BCUT2D eigenvalue weighted by Gasteiger charge is 2.58. The molecule has 0 amide bonds. The fraction of sp³-hybridized carbons (Fsp3) is 0.750. The molecule has 8 atom stereocenters. The first-order valence-electron chi connectivity index (χ1n) is 26.0. The van der Waals surface area contributed by atoms with Crippen LogP contribution in [0.1, 0.15) is 200 Å². The number of phenolic OH excluding ortho intramolecular Hbond substituents is 2. The van der Waals surface area contributed by atoms with E-state index >= 15 is 0 Å². The highest BCUT2D eigenvalue weighted by molar-refractivity contribution is 5.92. The summed E-state index contributed by atoms with van der Waals surface area (Å²) in [6.07, 6.45) is 30.4. The number of fused-ring (bicyclic) bond motifs is 10. The van der Waals surface area contributed by atoms with Crippen LogP contribution in [0.25, 0.3) is 0 Å². The summed E-state index contributed by atoms with van der Waals surface area (Å²) in [4.78, 5) is 12.7. The first kappa shape index (κ1) is 38.6. The van der Waals surface area contributed by atoms with Crippen LogP contribution in [0.3, 0.4) is 0 Å². The molecule has 2 aromatic carbocycles. The van der Waals surface area contributed by atoms with Crippen molar-refractivity contribution in [3.05, 3.63) is 57.6 Å². The average Bonchev–Trinajstić information content (AvgIpc) is 3.73. The summed E-state index contributed by atoms with van der Waals surface area (Å²) in [5.74, 6) is 17.1. The Labute approximate surface area is 365 Å². The van der Waals surface area contributed by atoms with Crippen molar-refractivity contribution in [1.29, 1.82) is 0 Å². The van der Waals surface area contributed by atoms with Crippen molar-refractivity contribution in [3.63, 3.8) is 0 Å². The number of benzene rings is 2. The second-order valence-corrected chi connectivity index (χ2v) is 25.4. The van der Waals surface area contributed by atoms with Crippen molar-refractivity contribution in [1.82, 2.24) is 0 Å². The van der Waals surface area contributed by atoms with E-state index < -0.39 is 0 Å². The zero-order valence-electron chi connectivity index (χ0n) is 37.5. The van der Waals surface area contributed by atoms with E-state index in [2.05, 4.69) is 43.2 Å². The van der Waals surface area contributed by atoms with Crippen LogP contribution in [-0.2, 0) is 28.5 Å². The van der Waals surface area contributed by atoms with Crippen LogP contribution in [0.2, 0.25) is 0 Å². The maximum absolute atomic E-state index is 12.7. The van der Waals surface area contributed by atoms with Crippen molar-refractivity contribution >= 4 is 11.5 Å². The van der Waals surface area contributed by atoms with Crippen LogP contribution < -0.4 is 5.84 Å². The Kier molecular flexibility index (Phi) is 8.47. The summed E-state index contributed by atoms with van der Waals surface area (Å²) >= 11 is 0. The lowest BCUT2D eigenvalue weighted by Crippen LogP contribution is -2.48. The van der Waals surface area contributed by atoms with Gasteiger partial charge in [-0.15, -0.1) is 0 Å². The van der Waals surface area contributed by atoms with Crippen LogP contribution in [0, 0.1) is 70.0 Å². The minimum atomic E-state index is -0.0433. The number of hydrazone groups is 1. The minimum Gasteiger partial charge on any atom is -0.508 e. The minimum absolute atomic E-state index is 0.0433. The van der Waals surface area contributed by atoms with Crippen molar-refractivity contribution in [3.8, 4) is 11.5 Å². The van der Waals surface area contributed by atoms with Gasteiger partial charge in [0.1, 0.15) is 17.3 Å². The maximum atomic E-state index is 12.7. The van der Waals surface area contributed by atoms with Crippen LogP contribution in [-0.4, -0.2) is 21.7 Å². The fourth-order valence-corrected chi connectivity index (χ4v) is 20.7. The smallest absolute Gasteiger partial charge is 0.139 e. The molecule has 61 heavy (non-hydrogen) atoms. The predicted molar refractivity (Wildman–Crippen MR) is 242 cm³/mol. The number of Topliss-reactive ketones (excluding diaryl/α,β-unsaturated/α-hetero) is 1. The molecular weight excluding hydrogens is 749 g/mol. The molecule has 14 aliphatic rings. The molecule has 16 rings (SSSR count). The zero-order valence-corrected chi connectivity index (χ0v) is 37.5. The molecule has 12 fully saturated rings. The molecule has 4 N–H and O–H groups in total. The first-order chi connectivity index (χ1) is 29.4. The largest absolute Gasteiger partial charge is 0.508 e. The Morgan fingerprint density at radius 3 is 1.39 bits per heavy atom. The van der Waals surface area contributed by atoms with Crippen molar-refractivity contribution < 1.29 is 15.0 Å². The summed E-state index contributed by atoms with van der Waals surface area (Å²) < 4.78 is 0.